The van der Waals surface area contributed by atoms with Crippen LogP contribution in [0.5, 0.6) is 11.5 Å². The minimum absolute atomic E-state index is 0.374. The molecule has 0 aromatic heterocycles. The van der Waals surface area contributed by atoms with Gasteiger partial charge < -0.3 is 14.6 Å². The second kappa shape index (κ2) is 5.82. The van der Waals surface area contributed by atoms with Crippen LogP contribution in [-0.4, -0.2) is 10.7 Å². The number of hydrogen-bond acceptors (Lipinski definition) is 3. The van der Waals surface area contributed by atoms with E-state index in [1.165, 1.54) is 0 Å². The average molecular weight is 319 g/mol. The van der Waals surface area contributed by atoms with Crippen LogP contribution in [0.3, 0.4) is 0 Å². The normalized spacial score (nSPS) is 19.2. The Morgan fingerprint density at radius 2 is 1.95 bits per heavy atom. The van der Waals surface area contributed by atoms with Crippen molar-refractivity contribution in [2.24, 2.45) is 0 Å². The molecule has 0 radical (unpaired) electrons. The maximum absolute atomic E-state index is 10.2. The van der Waals surface area contributed by atoms with E-state index in [1.807, 2.05) is 56.3 Å². The topological polar surface area (TPSA) is 38.7 Å². The first-order chi connectivity index (χ1) is 10.4. The molecule has 0 saturated heterocycles. The van der Waals surface area contributed by atoms with Gasteiger partial charge in [-0.25, -0.2) is 0 Å². The molecule has 3 nitrogen and oxygen atoms in total. The third kappa shape index (κ3) is 3.37. The highest BCUT2D eigenvalue weighted by Crippen LogP contribution is 2.41. The van der Waals surface area contributed by atoms with E-state index in [2.05, 4.69) is 0 Å². The molecule has 0 amide bonds. The zero-order valence-electron chi connectivity index (χ0n) is 12.7. The van der Waals surface area contributed by atoms with E-state index < -0.39 is 6.10 Å². The Kier molecular flexibility index (Phi) is 4.02. The number of benzene rings is 2. The Bertz CT molecular complexity index is 665. The molecule has 0 unspecified atom stereocenters. The highest BCUT2D eigenvalue weighted by molar-refractivity contribution is 6.30. The van der Waals surface area contributed by atoms with Crippen molar-refractivity contribution in [3.63, 3.8) is 0 Å². The van der Waals surface area contributed by atoms with E-state index in [-0.39, 0.29) is 5.60 Å². The van der Waals surface area contributed by atoms with Crippen LogP contribution in [0.2, 0.25) is 5.02 Å². The molecule has 1 atom stereocenters. The molecular formula is C18H19ClO3. The minimum atomic E-state index is -0.496. The molecule has 0 fully saturated rings. The van der Waals surface area contributed by atoms with Crippen molar-refractivity contribution in [2.75, 3.05) is 0 Å². The van der Waals surface area contributed by atoms with Crippen molar-refractivity contribution >= 4 is 11.6 Å². The van der Waals surface area contributed by atoms with Crippen molar-refractivity contribution in [3.8, 4) is 11.5 Å². The second-order valence-corrected chi connectivity index (χ2v) is 6.63. The first-order valence-corrected chi connectivity index (χ1v) is 7.69. The standard InChI is InChI=1S/C18H19ClO3/c1-18(2)10-16(20)15-8-7-14(9-17(15)22-18)21-11-12-3-5-13(19)6-4-12/h3-9,16,20H,10-11H2,1-2H3/t16-/m1/s1. The fourth-order valence-corrected chi connectivity index (χ4v) is 2.76. The van der Waals surface area contributed by atoms with Crippen molar-refractivity contribution in [1.82, 2.24) is 0 Å². The summed E-state index contributed by atoms with van der Waals surface area (Å²) in [7, 11) is 0. The van der Waals surface area contributed by atoms with Gasteiger partial charge in [-0.3, -0.25) is 0 Å². The Morgan fingerprint density at radius 3 is 2.68 bits per heavy atom. The van der Waals surface area contributed by atoms with Gasteiger partial charge in [-0.15, -0.1) is 0 Å². The molecule has 0 bridgehead atoms. The van der Waals surface area contributed by atoms with Gasteiger partial charge in [0.05, 0.1) is 6.10 Å². The zero-order chi connectivity index (χ0) is 15.7. The van der Waals surface area contributed by atoms with Gasteiger partial charge in [-0.1, -0.05) is 23.7 Å². The Labute approximate surface area is 135 Å². The second-order valence-electron chi connectivity index (χ2n) is 6.20. The molecule has 116 valence electrons. The highest BCUT2D eigenvalue weighted by Gasteiger charge is 2.32. The number of fused-ring (bicyclic) bond motifs is 1. The van der Waals surface area contributed by atoms with Crippen molar-refractivity contribution in [2.45, 2.75) is 38.6 Å². The Balaban J connectivity index is 1.74. The fourth-order valence-electron chi connectivity index (χ4n) is 2.63. The minimum Gasteiger partial charge on any atom is -0.489 e. The van der Waals surface area contributed by atoms with Gasteiger partial charge in [0.25, 0.3) is 0 Å². The number of aliphatic hydroxyl groups is 1. The quantitative estimate of drug-likeness (QED) is 0.904. The van der Waals surface area contributed by atoms with E-state index in [1.54, 1.807) is 0 Å². The molecule has 2 aromatic rings. The van der Waals surface area contributed by atoms with Crippen molar-refractivity contribution < 1.29 is 14.6 Å². The van der Waals surface area contributed by atoms with Crippen LogP contribution < -0.4 is 9.47 Å². The van der Waals surface area contributed by atoms with E-state index in [9.17, 15) is 5.11 Å². The smallest absolute Gasteiger partial charge is 0.129 e. The SMILES string of the molecule is CC1(C)C[C@@H](O)c2ccc(OCc3ccc(Cl)cc3)cc2O1. The molecule has 1 N–H and O–H groups in total. The summed E-state index contributed by atoms with van der Waals surface area (Å²) < 4.78 is 11.7. The Hall–Kier alpha value is -1.71. The zero-order valence-corrected chi connectivity index (χ0v) is 13.4. The van der Waals surface area contributed by atoms with Crippen LogP contribution in [0.25, 0.3) is 0 Å². The maximum atomic E-state index is 10.2. The first kappa shape index (κ1) is 15.2. The third-order valence-corrected chi connectivity index (χ3v) is 3.99. The summed E-state index contributed by atoms with van der Waals surface area (Å²) in [4.78, 5) is 0. The van der Waals surface area contributed by atoms with Crippen LogP contribution in [0.15, 0.2) is 42.5 Å². The van der Waals surface area contributed by atoms with Crippen molar-refractivity contribution in [3.05, 3.63) is 58.6 Å². The summed E-state index contributed by atoms with van der Waals surface area (Å²) in [6.45, 7) is 4.41. The van der Waals surface area contributed by atoms with Gasteiger partial charge in [0.1, 0.15) is 23.7 Å². The number of aliphatic hydroxyl groups excluding tert-OH is 1. The van der Waals surface area contributed by atoms with Gasteiger partial charge in [0, 0.05) is 23.1 Å². The summed E-state index contributed by atoms with van der Waals surface area (Å²) in [6, 6.07) is 13.1. The van der Waals surface area contributed by atoms with Gasteiger partial charge >= 0.3 is 0 Å². The molecule has 2 aromatic carbocycles. The molecule has 0 aliphatic carbocycles. The van der Waals surface area contributed by atoms with Crippen LogP contribution in [0, 0.1) is 0 Å². The lowest BCUT2D eigenvalue weighted by atomic mass is 9.92. The van der Waals surface area contributed by atoms with Crippen LogP contribution in [0.4, 0.5) is 0 Å². The van der Waals surface area contributed by atoms with E-state index in [0.717, 1.165) is 16.9 Å². The average Bonchev–Trinajstić information content (AvgIpc) is 2.45. The van der Waals surface area contributed by atoms with E-state index >= 15 is 0 Å². The van der Waals surface area contributed by atoms with Gasteiger partial charge in [0.15, 0.2) is 0 Å². The van der Waals surface area contributed by atoms with Crippen LogP contribution in [0.1, 0.15) is 37.5 Å². The molecular weight excluding hydrogens is 300 g/mol. The summed E-state index contributed by atoms with van der Waals surface area (Å²) in [5.41, 5.74) is 1.49. The van der Waals surface area contributed by atoms with Crippen molar-refractivity contribution in [1.29, 1.82) is 0 Å². The van der Waals surface area contributed by atoms with E-state index in [0.29, 0.717) is 23.8 Å². The molecule has 22 heavy (non-hydrogen) atoms. The largest absolute Gasteiger partial charge is 0.489 e. The van der Waals surface area contributed by atoms with Crippen LogP contribution in [-0.2, 0) is 6.61 Å². The van der Waals surface area contributed by atoms with E-state index in [4.69, 9.17) is 21.1 Å². The lowest BCUT2D eigenvalue weighted by molar-refractivity contribution is 0.0113. The van der Waals surface area contributed by atoms with Crippen LogP contribution >= 0.6 is 11.6 Å². The number of halogens is 1. The Morgan fingerprint density at radius 1 is 1.23 bits per heavy atom. The molecule has 1 aliphatic rings. The molecule has 1 heterocycles. The molecule has 4 heteroatoms. The highest BCUT2D eigenvalue weighted by atomic mass is 35.5. The van der Waals surface area contributed by atoms with Gasteiger partial charge in [-0.05, 0) is 43.7 Å². The molecule has 1 aliphatic heterocycles. The number of hydrogen-bond donors (Lipinski definition) is 1. The van der Waals surface area contributed by atoms with Gasteiger partial charge in [-0.2, -0.15) is 0 Å². The summed E-state index contributed by atoms with van der Waals surface area (Å²) in [5, 5.41) is 10.9. The molecule has 0 spiro atoms. The summed E-state index contributed by atoms with van der Waals surface area (Å²) >= 11 is 5.87. The maximum Gasteiger partial charge on any atom is 0.129 e. The lowest BCUT2D eigenvalue weighted by Crippen LogP contribution is -2.34. The predicted molar refractivity (Wildman–Crippen MR) is 86.5 cm³/mol. The molecule has 3 rings (SSSR count). The summed E-state index contributed by atoms with van der Waals surface area (Å²) in [6.07, 6.45) is 0.0920. The monoisotopic (exact) mass is 318 g/mol. The predicted octanol–water partition coefficient (Wildman–Crippen LogP) is 4.51. The first-order valence-electron chi connectivity index (χ1n) is 7.31. The van der Waals surface area contributed by atoms with Gasteiger partial charge in [0.2, 0.25) is 0 Å². The molecule has 0 saturated carbocycles. The lowest BCUT2D eigenvalue weighted by Gasteiger charge is -2.35. The third-order valence-electron chi connectivity index (χ3n) is 3.73. The number of ether oxygens (including phenoxy) is 2. The number of rotatable bonds is 3. The summed E-state index contributed by atoms with van der Waals surface area (Å²) in [5.74, 6) is 1.41. The fraction of sp³-hybridized carbons (Fsp3) is 0.333.